The summed E-state index contributed by atoms with van der Waals surface area (Å²) in [5, 5.41) is 19.2. The number of nitrogens with zero attached hydrogens (tertiary/aromatic N) is 1. The Morgan fingerprint density at radius 2 is 1.82 bits per heavy atom. The largest absolute Gasteiger partial charge is 0.481 e. The van der Waals surface area contributed by atoms with E-state index in [4.69, 9.17) is 28.3 Å². The molecule has 0 bridgehead atoms. The predicted molar refractivity (Wildman–Crippen MR) is 67.8 cm³/mol. The van der Waals surface area contributed by atoms with Gasteiger partial charge >= 0.3 is 5.97 Å². The Kier molecular flexibility index (Phi) is 6.55. The summed E-state index contributed by atoms with van der Waals surface area (Å²) in [4.78, 5) is 13.0. The average Bonchev–Trinajstić information content (AvgIpc) is 2.29. The molecule has 100 valence electrons. The molecule has 1 saturated carbocycles. The molecule has 0 aliphatic heterocycles. The Bertz CT molecular complexity index is 247. The second-order valence-corrected chi connectivity index (χ2v) is 5.10. The molecular formula is C11H19Cl2NO3. The van der Waals surface area contributed by atoms with Gasteiger partial charge in [0.2, 0.25) is 0 Å². The molecule has 2 N–H and O–H groups in total. The van der Waals surface area contributed by atoms with E-state index >= 15 is 0 Å². The number of carboxylic acid groups (broad SMARTS) is 1. The summed E-state index contributed by atoms with van der Waals surface area (Å²) in [5.74, 6) is -0.670. The molecule has 0 aromatic rings. The molecule has 4 nitrogen and oxygen atoms in total. The van der Waals surface area contributed by atoms with E-state index in [1.165, 1.54) is 0 Å². The Morgan fingerprint density at radius 1 is 1.24 bits per heavy atom. The number of carboxylic acids is 1. The molecule has 0 spiro atoms. The van der Waals surface area contributed by atoms with Gasteiger partial charge in [0, 0.05) is 30.9 Å². The van der Waals surface area contributed by atoms with Crippen LogP contribution in [0.15, 0.2) is 0 Å². The van der Waals surface area contributed by atoms with Crippen LogP contribution in [0, 0.1) is 5.92 Å². The molecule has 1 rings (SSSR count). The van der Waals surface area contributed by atoms with Crippen LogP contribution in [0.1, 0.15) is 19.3 Å². The number of carbonyl (C=O) groups is 1. The highest BCUT2D eigenvalue weighted by molar-refractivity contribution is 6.18. The Balaban J connectivity index is 2.68. The molecule has 6 heteroatoms. The Morgan fingerprint density at radius 3 is 2.29 bits per heavy atom. The highest BCUT2D eigenvalue weighted by Crippen LogP contribution is 2.28. The van der Waals surface area contributed by atoms with Crippen LogP contribution in [0.4, 0.5) is 0 Å². The maximum Gasteiger partial charge on any atom is 0.309 e. The number of alkyl halides is 2. The molecule has 0 amide bonds. The highest BCUT2D eigenvalue weighted by Gasteiger charge is 2.38. The van der Waals surface area contributed by atoms with Gasteiger partial charge in [0.25, 0.3) is 0 Å². The number of halogens is 2. The number of aliphatic hydroxyl groups is 1. The van der Waals surface area contributed by atoms with Crippen LogP contribution < -0.4 is 0 Å². The van der Waals surface area contributed by atoms with Crippen molar-refractivity contribution in [3.8, 4) is 0 Å². The zero-order chi connectivity index (χ0) is 12.8. The molecule has 1 fully saturated rings. The van der Waals surface area contributed by atoms with Crippen molar-refractivity contribution in [2.45, 2.75) is 31.4 Å². The maximum absolute atomic E-state index is 11.0. The van der Waals surface area contributed by atoms with Gasteiger partial charge in [0.05, 0.1) is 12.0 Å². The number of aliphatic carboxylic acids is 1. The summed E-state index contributed by atoms with van der Waals surface area (Å²) in [6, 6.07) is -0.137. The molecule has 0 heterocycles. The van der Waals surface area contributed by atoms with E-state index in [9.17, 15) is 9.90 Å². The second kappa shape index (κ2) is 7.41. The van der Waals surface area contributed by atoms with Crippen LogP contribution in [-0.2, 0) is 4.79 Å². The molecule has 0 unspecified atom stereocenters. The van der Waals surface area contributed by atoms with Crippen molar-refractivity contribution < 1.29 is 15.0 Å². The predicted octanol–water partition coefficient (Wildman–Crippen LogP) is 1.38. The van der Waals surface area contributed by atoms with Gasteiger partial charge < -0.3 is 10.2 Å². The summed E-state index contributed by atoms with van der Waals surface area (Å²) >= 11 is 11.4. The van der Waals surface area contributed by atoms with Crippen molar-refractivity contribution >= 4 is 29.2 Å². The van der Waals surface area contributed by atoms with Gasteiger partial charge in [0.1, 0.15) is 0 Å². The monoisotopic (exact) mass is 283 g/mol. The lowest BCUT2D eigenvalue weighted by Crippen LogP contribution is -2.52. The van der Waals surface area contributed by atoms with Crippen molar-refractivity contribution in [3.63, 3.8) is 0 Å². The lowest BCUT2D eigenvalue weighted by Gasteiger charge is -2.39. The van der Waals surface area contributed by atoms with Gasteiger partial charge in [-0.15, -0.1) is 23.2 Å². The zero-order valence-corrected chi connectivity index (χ0v) is 11.2. The second-order valence-electron chi connectivity index (χ2n) is 4.35. The van der Waals surface area contributed by atoms with Crippen molar-refractivity contribution in [1.82, 2.24) is 4.90 Å². The zero-order valence-electron chi connectivity index (χ0n) is 9.69. The quantitative estimate of drug-likeness (QED) is 0.723. The fourth-order valence-corrected chi connectivity index (χ4v) is 2.92. The third-order valence-corrected chi connectivity index (χ3v) is 3.69. The number of aliphatic hydroxyl groups excluding tert-OH is 1. The third kappa shape index (κ3) is 3.98. The maximum atomic E-state index is 11.0. The van der Waals surface area contributed by atoms with Crippen LogP contribution in [0.2, 0.25) is 0 Å². The van der Waals surface area contributed by atoms with Gasteiger partial charge in [-0.05, 0) is 12.8 Å². The van der Waals surface area contributed by atoms with Gasteiger partial charge in [-0.3, -0.25) is 9.69 Å². The number of hydrogen-bond donors (Lipinski definition) is 2. The van der Waals surface area contributed by atoms with Gasteiger partial charge in [-0.1, -0.05) is 6.42 Å². The summed E-state index contributed by atoms with van der Waals surface area (Å²) in [7, 11) is 0. The van der Waals surface area contributed by atoms with Crippen molar-refractivity contribution in [3.05, 3.63) is 0 Å². The van der Waals surface area contributed by atoms with E-state index < -0.39 is 18.0 Å². The van der Waals surface area contributed by atoms with Crippen LogP contribution in [-0.4, -0.2) is 58.1 Å². The molecule has 1 aliphatic rings. The third-order valence-electron chi connectivity index (χ3n) is 3.35. The minimum absolute atomic E-state index is 0.137. The summed E-state index contributed by atoms with van der Waals surface area (Å²) < 4.78 is 0. The minimum atomic E-state index is -0.918. The molecular weight excluding hydrogens is 265 g/mol. The normalized spacial score (nSPS) is 29.5. The molecule has 0 saturated heterocycles. The number of rotatable bonds is 6. The van der Waals surface area contributed by atoms with Crippen LogP contribution in [0.3, 0.4) is 0 Å². The first kappa shape index (κ1) is 15.0. The van der Waals surface area contributed by atoms with Crippen LogP contribution in [0.5, 0.6) is 0 Å². The standard InChI is InChI=1S/C11H19Cl2NO3/c12-4-6-14(7-5-13)9-3-1-2-8(10(9)15)11(16)17/h8-10,15H,1-7H2,(H,16,17)/t8-,9+,10+/m0/s1. The minimum Gasteiger partial charge on any atom is -0.481 e. The van der Waals surface area contributed by atoms with Gasteiger partial charge in [-0.2, -0.15) is 0 Å². The highest BCUT2D eigenvalue weighted by atomic mass is 35.5. The topological polar surface area (TPSA) is 60.8 Å². The first-order chi connectivity index (χ1) is 8.11. The molecule has 0 radical (unpaired) electrons. The summed E-state index contributed by atoms with van der Waals surface area (Å²) in [6.07, 6.45) is 1.34. The van der Waals surface area contributed by atoms with E-state index in [-0.39, 0.29) is 6.04 Å². The molecule has 3 atom stereocenters. The van der Waals surface area contributed by atoms with E-state index in [1.807, 2.05) is 4.90 Å². The SMILES string of the molecule is O=C(O)[C@H]1CCC[C@@H](N(CCCl)CCCl)[C@@H]1O. The van der Waals surface area contributed by atoms with Gasteiger partial charge in [-0.25, -0.2) is 0 Å². The molecule has 1 aliphatic carbocycles. The van der Waals surface area contributed by atoms with Crippen LogP contribution in [0.25, 0.3) is 0 Å². The smallest absolute Gasteiger partial charge is 0.309 e. The van der Waals surface area contributed by atoms with Crippen LogP contribution >= 0.6 is 23.2 Å². The number of hydrogen-bond acceptors (Lipinski definition) is 3. The summed E-state index contributed by atoms with van der Waals surface area (Å²) in [5.41, 5.74) is 0. The first-order valence-corrected chi connectivity index (χ1v) is 6.95. The lowest BCUT2D eigenvalue weighted by molar-refractivity contribution is -0.150. The van der Waals surface area contributed by atoms with Gasteiger partial charge in [0.15, 0.2) is 0 Å². The molecule has 17 heavy (non-hydrogen) atoms. The molecule has 0 aromatic heterocycles. The Hall–Kier alpha value is -0.0300. The fraction of sp³-hybridized carbons (Fsp3) is 0.909. The van der Waals surface area contributed by atoms with Crippen molar-refractivity contribution in [1.29, 1.82) is 0 Å². The first-order valence-electron chi connectivity index (χ1n) is 5.88. The van der Waals surface area contributed by atoms with E-state index in [0.29, 0.717) is 31.3 Å². The van der Waals surface area contributed by atoms with E-state index in [0.717, 1.165) is 12.8 Å². The average molecular weight is 284 g/mol. The van der Waals surface area contributed by atoms with E-state index in [2.05, 4.69) is 0 Å². The van der Waals surface area contributed by atoms with Crippen molar-refractivity contribution in [2.24, 2.45) is 5.92 Å². The summed E-state index contributed by atoms with van der Waals surface area (Å²) in [6.45, 7) is 1.25. The molecule has 0 aromatic carbocycles. The Labute approximate surface area is 111 Å². The fourth-order valence-electron chi connectivity index (χ4n) is 2.49. The van der Waals surface area contributed by atoms with Crippen molar-refractivity contribution in [2.75, 3.05) is 24.8 Å². The lowest BCUT2D eigenvalue weighted by atomic mass is 9.82. The van der Waals surface area contributed by atoms with E-state index in [1.54, 1.807) is 0 Å².